The molecule has 0 saturated heterocycles. The van der Waals surface area contributed by atoms with Crippen LogP contribution in [0.1, 0.15) is 50.3 Å². The number of alkyl halides is 2. The van der Waals surface area contributed by atoms with Crippen molar-refractivity contribution in [1.82, 2.24) is 4.98 Å². The second kappa shape index (κ2) is 11.2. The molecule has 1 amide bonds. The van der Waals surface area contributed by atoms with Crippen LogP contribution >= 0.6 is 11.6 Å². The zero-order valence-corrected chi connectivity index (χ0v) is 19.2. The number of halogens is 3. The molecule has 2 aromatic carbocycles. The van der Waals surface area contributed by atoms with E-state index in [1.165, 1.54) is 37.3 Å². The van der Waals surface area contributed by atoms with Crippen molar-refractivity contribution in [1.29, 1.82) is 0 Å². The minimum atomic E-state index is -3.51. The van der Waals surface area contributed by atoms with Gasteiger partial charge in [-0.15, -0.1) is 0 Å². The van der Waals surface area contributed by atoms with Gasteiger partial charge in [0.2, 0.25) is 0 Å². The Morgan fingerprint density at radius 3 is 2.47 bits per heavy atom. The fourth-order valence-electron chi connectivity index (χ4n) is 3.08. The lowest BCUT2D eigenvalue weighted by Gasteiger charge is -2.28. The Balaban J connectivity index is 2.20. The zero-order chi connectivity index (χ0) is 22.1. The highest BCUT2D eigenvalue weighted by Gasteiger charge is 2.45. The standard InChI is InChI=1S/C22H26ClF2NO3Si/c1-3-4-13-19(15(2)27)30-26-21(28)29-20(16-9-6-5-7-10-16)22(24,25)17-11-8-12-18(23)14-17/h5-12,14,19-20H,3-4,13,30H2,1-2H3,(H,26,28)/t19-,20?/m0/s1. The first-order chi connectivity index (χ1) is 14.3. The van der Waals surface area contributed by atoms with Crippen LogP contribution in [-0.2, 0) is 15.5 Å². The number of carbonyl (C=O) groups excluding carboxylic acids is 2. The molecular weight excluding hydrogens is 428 g/mol. The topological polar surface area (TPSA) is 55.4 Å². The summed E-state index contributed by atoms with van der Waals surface area (Å²) in [4.78, 5) is 26.8. The van der Waals surface area contributed by atoms with Gasteiger partial charge in [-0.3, -0.25) is 4.79 Å². The molecule has 0 radical (unpaired) electrons. The van der Waals surface area contributed by atoms with Crippen LogP contribution in [0, 0.1) is 0 Å². The van der Waals surface area contributed by atoms with Gasteiger partial charge >= 0.3 is 12.0 Å². The van der Waals surface area contributed by atoms with Crippen LogP contribution in [0.4, 0.5) is 13.6 Å². The number of nitrogens with one attached hydrogen (secondary N) is 1. The second-order valence-corrected chi connectivity index (χ2v) is 9.34. The molecule has 0 aromatic heterocycles. The first kappa shape index (κ1) is 24.0. The number of unbranched alkanes of at least 4 members (excludes halogenated alkanes) is 1. The first-order valence-electron chi connectivity index (χ1n) is 9.89. The zero-order valence-electron chi connectivity index (χ0n) is 17.0. The lowest BCUT2D eigenvalue weighted by atomic mass is 9.97. The number of ether oxygens (including phenoxy) is 1. The van der Waals surface area contributed by atoms with Gasteiger partial charge in [0, 0.05) is 16.1 Å². The molecule has 0 heterocycles. The predicted octanol–water partition coefficient (Wildman–Crippen LogP) is 5.55. The summed E-state index contributed by atoms with van der Waals surface area (Å²) < 4.78 is 35.9. The number of carbonyl (C=O) groups is 2. The summed E-state index contributed by atoms with van der Waals surface area (Å²) in [5.74, 6) is -3.51. The van der Waals surface area contributed by atoms with Crippen molar-refractivity contribution in [3.05, 3.63) is 70.7 Å². The van der Waals surface area contributed by atoms with Crippen molar-refractivity contribution in [2.45, 2.75) is 50.7 Å². The highest BCUT2D eigenvalue weighted by molar-refractivity contribution is 6.44. The third-order valence-corrected chi connectivity index (χ3v) is 7.04. The van der Waals surface area contributed by atoms with E-state index in [1.807, 2.05) is 6.92 Å². The van der Waals surface area contributed by atoms with Gasteiger partial charge in [0.15, 0.2) is 6.10 Å². The molecule has 0 bridgehead atoms. The molecule has 8 heteroatoms. The van der Waals surface area contributed by atoms with Crippen LogP contribution in [0.2, 0.25) is 10.6 Å². The molecule has 0 saturated carbocycles. The van der Waals surface area contributed by atoms with Gasteiger partial charge in [0.25, 0.3) is 0 Å². The number of benzene rings is 2. The van der Waals surface area contributed by atoms with Crippen LogP contribution in [0.5, 0.6) is 0 Å². The van der Waals surface area contributed by atoms with Crippen LogP contribution in [0.15, 0.2) is 54.6 Å². The number of hydrogen-bond donors (Lipinski definition) is 1. The van der Waals surface area contributed by atoms with E-state index >= 15 is 8.78 Å². The molecule has 162 valence electrons. The summed E-state index contributed by atoms with van der Waals surface area (Å²) in [5.41, 5.74) is -0.423. The van der Waals surface area contributed by atoms with Gasteiger partial charge in [-0.25, -0.2) is 4.79 Å². The molecule has 1 unspecified atom stereocenters. The molecule has 30 heavy (non-hydrogen) atoms. The molecule has 2 atom stereocenters. The minimum absolute atomic E-state index is 0.000664. The van der Waals surface area contributed by atoms with Gasteiger partial charge in [0.1, 0.15) is 15.5 Å². The summed E-state index contributed by atoms with van der Waals surface area (Å²) in [6.45, 7) is 3.50. The summed E-state index contributed by atoms with van der Waals surface area (Å²) in [7, 11) is -1.37. The monoisotopic (exact) mass is 453 g/mol. The van der Waals surface area contributed by atoms with Crippen LogP contribution in [0.3, 0.4) is 0 Å². The van der Waals surface area contributed by atoms with Gasteiger partial charge in [0.05, 0.1) is 0 Å². The summed E-state index contributed by atoms with van der Waals surface area (Å²) in [6.07, 6.45) is -0.297. The third kappa shape index (κ3) is 6.64. The van der Waals surface area contributed by atoms with Crippen molar-refractivity contribution in [3.8, 4) is 0 Å². The van der Waals surface area contributed by atoms with E-state index < -0.39 is 27.8 Å². The molecule has 0 fully saturated rings. The molecular formula is C22H26ClF2NO3Si. The van der Waals surface area contributed by atoms with E-state index in [-0.39, 0.29) is 27.5 Å². The van der Waals surface area contributed by atoms with Crippen molar-refractivity contribution in [2.24, 2.45) is 0 Å². The number of hydrogen-bond acceptors (Lipinski definition) is 3. The van der Waals surface area contributed by atoms with Gasteiger partial charge < -0.3 is 9.72 Å². The molecule has 0 aliphatic rings. The van der Waals surface area contributed by atoms with E-state index in [1.54, 1.807) is 18.2 Å². The summed E-state index contributed by atoms with van der Waals surface area (Å²) in [5, 5.41) is 0.163. The SMILES string of the molecule is CCCC[C@H]([SiH2]NC(=O)OC(c1ccccc1)C(F)(F)c1cccc(Cl)c1)C(C)=O. The summed E-state index contributed by atoms with van der Waals surface area (Å²) >= 11 is 5.88. The Bertz CT molecular complexity index is 851. The van der Waals surface area contributed by atoms with Crippen LogP contribution < -0.4 is 4.98 Å². The fourth-order valence-corrected chi connectivity index (χ4v) is 4.55. The maximum atomic E-state index is 15.3. The number of ketones is 1. The molecule has 2 rings (SSSR count). The van der Waals surface area contributed by atoms with Gasteiger partial charge in [-0.2, -0.15) is 8.78 Å². The Kier molecular flexibility index (Phi) is 8.99. The van der Waals surface area contributed by atoms with Crippen molar-refractivity contribution < 1.29 is 23.1 Å². The molecule has 1 N–H and O–H groups in total. The Morgan fingerprint density at radius 2 is 1.87 bits per heavy atom. The van der Waals surface area contributed by atoms with E-state index in [4.69, 9.17) is 16.3 Å². The predicted molar refractivity (Wildman–Crippen MR) is 117 cm³/mol. The lowest BCUT2D eigenvalue weighted by Crippen LogP contribution is -2.37. The van der Waals surface area contributed by atoms with E-state index in [9.17, 15) is 9.59 Å². The molecule has 2 aromatic rings. The van der Waals surface area contributed by atoms with Gasteiger partial charge in [-0.05, 0) is 31.0 Å². The molecule has 0 spiro atoms. The fraction of sp³-hybridized carbons (Fsp3) is 0.364. The molecule has 4 nitrogen and oxygen atoms in total. The first-order valence-corrected chi connectivity index (χ1v) is 11.8. The highest BCUT2D eigenvalue weighted by Crippen LogP contribution is 2.43. The number of amides is 1. The van der Waals surface area contributed by atoms with Crippen LogP contribution in [0.25, 0.3) is 0 Å². The average molecular weight is 454 g/mol. The third-order valence-electron chi connectivity index (χ3n) is 4.84. The maximum Gasteiger partial charge on any atom is 0.399 e. The smallest absolute Gasteiger partial charge is 0.399 e. The molecule has 0 aliphatic heterocycles. The number of rotatable bonds is 10. The van der Waals surface area contributed by atoms with E-state index in [0.29, 0.717) is 6.42 Å². The second-order valence-electron chi connectivity index (χ2n) is 7.16. The van der Waals surface area contributed by atoms with E-state index in [0.717, 1.165) is 18.9 Å². The highest BCUT2D eigenvalue weighted by atomic mass is 35.5. The Hall–Kier alpha value is -2.25. The summed E-state index contributed by atoms with van der Waals surface area (Å²) in [6, 6.07) is 13.2. The van der Waals surface area contributed by atoms with Crippen molar-refractivity contribution in [3.63, 3.8) is 0 Å². The van der Waals surface area contributed by atoms with Crippen molar-refractivity contribution in [2.75, 3.05) is 0 Å². The van der Waals surface area contributed by atoms with Gasteiger partial charge in [-0.1, -0.05) is 73.8 Å². The maximum absolute atomic E-state index is 15.3. The lowest BCUT2D eigenvalue weighted by molar-refractivity contribution is -0.120. The van der Waals surface area contributed by atoms with Crippen LogP contribution in [-0.4, -0.2) is 21.6 Å². The van der Waals surface area contributed by atoms with E-state index in [2.05, 4.69) is 4.98 Å². The quantitative estimate of drug-likeness (QED) is 0.480. The normalized spacial score (nSPS) is 13.8. The average Bonchev–Trinajstić information content (AvgIpc) is 2.72. The Morgan fingerprint density at radius 1 is 1.17 bits per heavy atom. The Labute approximate surface area is 182 Å². The largest absolute Gasteiger partial charge is 0.435 e. The minimum Gasteiger partial charge on any atom is -0.435 e. The molecule has 0 aliphatic carbocycles. The van der Waals surface area contributed by atoms with Crippen molar-refractivity contribution >= 4 is 33.2 Å². The number of Topliss-reactive ketones (excluding diaryl/α,β-unsaturated/α-hetero) is 1.